The zero-order valence-electron chi connectivity index (χ0n) is 17.6. The third-order valence-corrected chi connectivity index (χ3v) is 4.81. The van der Waals surface area contributed by atoms with Gasteiger partial charge in [0.2, 0.25) is 0 Å². The van der Waals surface area contributed by atoms with Crippen LogP contribution in [0.15, 0.2) is 30.5 Å². The molecule has 162 valence electrons. The second kappa shape index (κ2) is 9.04. The summed E-state index contributed by atoms with van der Waals surface area (Å²) in [7, 11) is 0. The molecule has 0 radical (unpaired) electrons. The van der Waals surface area contributed by atoms with Crippen LogP contribution < -0.4 is 9.64 Å². The molecule has 1 aromatic carbocycles. The summed E-state index contributed by atoms with van der Waals surface area (Å²) in [6, 6.07) is 6.31. The van der Waals surface area contributed by atoms with Gasteiger partial charge < -0.3 is 19.3 Å². The number of hydrogen-bond donors (Lipinski definition) is 0. The van der Waals surface area contributed by atoms with Crippen LogP contribution in [0, 0.1) is 5.82 Å². The average molecular weight is 437 g/mol. The quantitative estimate of drug-likeness (QED) is 0.712. The summed E-state index contributed by atoms with van der Waals surface area (Å²) in [5.41, 5.74) is -0.163. The third-order valence-electron chi connectivity index (χ3n) is 4.57. The van der Waals surface area contributed by atoms with Crippen molar-refractivity contribution in [3.63, 3.8) is 0 Å². The van der Waals surface area contributed by atoms with E-state index in [-0.39, 0.29) is 24.8 Å². The lowest BCUT2D eigenvalue weighted by Gasteiger charge is -2.40. The molecule has 0 spiro atoms. The van der Waals surface area contributed by atoms with E-state index < -0.39 is 11.4 Å². The number of benzene rings is 1. The molecular weight excluding hydrogens is 411 g/mol. The highest BCUT2D eigenvalue weighted by Crippen LogP contribution is 2.21. The molecule has 0 unspecified atom stereocenters. The maximum atomic E-state index is 13.9. The number of halogens is 2. The van der Waals surface area contributed by atoms with E-state index in [1.165, 1.54) is 6.07 Å². The lowest BCUT2D eigenvalue weighted by atomic mass is 10.2. The number of carbonyl (C=O) groups is 1. The highest BCUT2D eigenvalue weighted by molar-refractivity contribution is 6.30. The first kappa shape index (κ1) is 22.1. The largest absolute Gasteiger partial charge is 0.458 e. The SMILES string of the molecule is C[C@H]1CN(c2ccnc(OCc3ccc(Cl)cc3F)n2)CCN1C(=O)OC(C)(C)C. The Morgan fingerprint density at radius 2 is 2.07 bits per heavy atom. The number of anilines is 1. The summed E-state index contributed by atoms with van der Waals surface area (Å²) in [6.45, 7) is 9.24. The summed E-state index contributed by atoms with van der Waals surface area (Å²) in [5.74, 6) is 0.248. The summed E-state index contributed by atoms with van der Waals surface area (Å²) in [4.78, 5) is 24.7. The molecule has 0 N–H and O–H groups in total. The predicted molar refractivity (Wildman–Crippen MR) is 112 cm³/mol. The van der Waals surface area contributed by atoms with Crippen molar-refractivity contribution in [3.05, 3.63) is 46.9 Å². The Morgan fingerprint density at radius 3 is 2.73 bits per heavy atom. The van der Waals surface area contributed by atoms with Crippen molar-refractivity contribution < 1.29 is 18.7 Å². The van der Waals surface area contributed by atoms with Crippen LogP contribution in [0.25, 0.3) is 0 Å². The minimum absolute atomic E-state index is 0.00468. The van der Waals surface area contributed by atoms with Crippen molar-refractivity contribution in [3.8, 4) is 6.01 Å². The van der Waals surface area contributed by atoms with Crippen LogP contribution in [-0.2, 0) is 11.3 Å². The van der Waals surface area contributed by atoms with Gasteiger partial charge in [-0.25, -0.2) is 14.2 Å². The number of nitrogens with zero attached hydrogens (tertiary/aromatic N) is 4. The molecule has 1 amide bonds. The van der Waals surface area contributed by atoms with E-state index in [1.807, 2.05) is 27.7 Å². The molecule has 7 nitrogen and oxygen atoms in total. The predicted octanol–water partition coefficient (Wildman–Crippen LogP) is 4.29. The van der Waals surface area contributed by atoms with Gasteiger partial charge >= 0.3 is 12.1 Å². The topological polar surface area (TPSA) is 67.8 Å². The second-order valence-electron chi connectivity index (χ2n) is 8.19. The smallest absolute Gasteiger partial charge is 0.410 e. The molecule has 3 rings (SSSR count). The van der Waals surface area contributed by atoms with Gasteiger partial charge in [0.15, 0.2) is 0 Å². The van der Waals surface area contributed by atoms with Gasteiger partial charge in [-0.15, -0.1) is 0 Å². The zero-order chi connectivity index (χ0) is 21.9. The van der Waals surface area contributed by atoms with Crippen LogP contribution >= 0.6 is 11.6 Å². The van der Waals surface area contributed by atoms with Crippen LogP contribution in [0.1, 0.15) is 33.3 Å². The van der Waals surface area contributed by atoms with Gasteiger partial charge in [-0.05, 0) is 45.9 Å². The maximum absolute atomic E-state index is 13.9. The highest BCUT2D eigenvalue weighted by Gasteiger charge is 2.31. The van der Waals surface area contributed by atoms with Crippen LogP contribution in [0.5, 0.6) is 6.01 Å². The van der Waals surface area contributed by atoms with Crippen LogP contribution in [-0.4, -0.2) is 52.2 Å². The first-order chi connectivity index (χ1) is 14.1. The van der Waals surface area contributed by atoms with Crippen LogP contribution in [0.4, 0.5) is 15.0 Å². The summed E-state index contributed by atoms with van der Waals surface area (Å²) in [5, 5.41) is 0.328. The lowest BCUT2D eigenvalue weighted by molar-refractivity contribution is 0.0158. The monoisotopic (exact) mass is 436 g/mol. The molecular formula is C21H26ClFN4O3. The van der Waals surface area contributed by atoms with Gasteiger partial charge in [0.05, 0.1) is 0 Å². The van der Waals surface area contributed by atoms with Crippen molar-refractivity contribution in [1.29, 1.82) is 0 Å². The minimum atomic E-state index is -0.531. The van der Waals surface area contributed by atoms with Crippen molar-refractivity contribution in [2.75, 3.05) is 24.5 Å². The average Bonchev–Trinajstić information content (AvgIpc) is 2.66. The van der Waals surface area contributed by atoms with Gasteiger partial charge in [0, 0.05) is 42.5 Å². The van der Waals surface area contributed by atoms with E-state index in [0.29, 0.717) is 36.0 Å². The first-order valence-corrected chi connectivity index (χ1v) is 10.1. The maximum Gasteiger partial charge on any atom is 0.410 e. The van der Waals surface area contributed by atoms with E-state index in [2.05, 4.69) is 14.9 Å². The van der Waals surface area contributed by atoms with Gasteiger partial charge in [0.25, 0.3) is 0 Å². The molecule has 1 saturated heterocycles. The Balaban J connectivity index is 1.61. The molecule has 1 aromatic heterocycles. The van der Waals surface area contributed by atoms with E-state index in [1.54, 1.807) is 29.3 Å². The van der Waals surface area contributed by atoms with Gasteiger partial charge in [0.1, 0.15) is 23.8 Å². The Labute approximate surface area is 180 Å². The Kier molecular flexibility index (Phi) is 6.65. The summed E-state index contributed by atoms with van der Waals surface area (Å²) >= 11 is 5.77. The number of aromatic nitrogens is 2. The zero-order valence-corrected chi connectivity index (χ0v) is 18.3. The molecule has 2 aromatic rings. The van der Waals surface area contributed by atoms with E-state index in [4.69, 9.17) is 21.1 Å². The molecule has 1 atom stereocenters. The molecule has 0 saturated carbocycles. The Bertz CT molecular complexity index is 906. The molecule has 9 heteroatoms. The number of ether oxygens (including phenoxy) is 2. The van der Waals surface area contributed by atoms with E-state index >= 15 is 0 Å². The fourth-order valence-electron chi connectivity index (χ4n) is 3.12. The number of amides is 1. The van der Waals surface area contributed by atoms with Crippen LogP contribution in [0.2, 0.25) is 5.02 Å². The number of rotatable bonds is 4. The lowest BCUT2D eigenvalue weighted by Crippen LogP contribution is -2.55. The number of hydrogen-bond acceptors (Lipinski definition) is 6. The van der Waals surface area contributed by atoms with Crippen molar-refractivity contribution >= 4 is 23.5 Å². The minimum Gasteiger partial charge on any atom is -0.458 e. The first-order valence-electron chi connectivity index (χ1n) is 9.77. The van der Waals surface area contributed by atoms with Gasteiger partial charge in [-0.3, -0.25) is 0 Å². The third kappa shape index (κ3) is 5.72. The molecule has 0 bridgehead atoms. The molecule has 1 aliphatic heterocycles. The van der Waals surface area contributed by atoms with E-state index in [0.717, 1.165) is 0 Å². The molecule has 2 heterocycles. The van der Waals surface area contributed by atoms with Crippen molar-refractivity contribution in [1.82, 2.24) is 14.9 Å². The van der Waals surface area contributed by atoms with Crippen molar-refractivity contribution in [2.24, 2.45) is 0 Å². The second-order valence-corrected chi connectivity index (χ2v) is 8.63. The molecule has 1 fully saturated rings. The Morgan fingerprint density at radius 1 is 1.30 bits per heavy atom. The summed E-state index contributed by atoms with van der Waals surface area (Å²) in [6.07, 6.45) is 1.28. The van der Waals surface area contributed by atoms with Crippen molar-refractivity contribution in [2.45, 2.75) is 45.9 Å². The van der Waals surface area contributed by atoms with Gasteiger partial charge in [-0.2, -0.15) is 4.98 Å². The fourth-order valence-corrected chi connectivity index (χ4v) is 3.27. The summed E-state index contributed by atoms with van der Waals surface area (Å²) < 4.78 is 25.0. The standard InChI is InChI=1S/C21H26ClFN4O3/c1-14-12-26(9-10-27(14)20(28)30-21(2,3)4)18-7-8-24-19(25-18)29-13-15-5-6-16(22)11-17(15)23/h5-8,11,14H,9-10,12-13H2,1-4H3/t14-/m0/s1. The normalized spacial score (nSPS) is 17.1. The number of piperazine rings is 1. The molecule has 30 heavy (non-hydrogen) atoms. The fraction of sp³-hybridized carbons (Fsp3) is 0.476. The Hall–Kier alpha value is -2.61. The van der Waals surface area contributed by atoms with Crippen LogP contribution in [0.3, 0.4) is 0 Å². The number of carbonyl (C=O) groups excluding carboxylic acids is 1. The molecule has 0 aliphatic carbocycles. The van der Waals surface area contributed by atoms with Gasteiger partial charge in [-0.1, -0.05) is 17.7 Å². The molecule has 1 aliphatic rings. The van der Waals surface area contributed by atoms with E-state index in [9.17, 15) is 9.18 Å². The highest BCUT2D eigenvalue weighted by atomic mass is 35.5.